The molecule has 2 aromatic rings. The van der Waals surface area contributed by atoms with Crippen LogP contribution in [0.5, 0.6) is 5.75 Å². The maximum atomic E-state index is 13.5. The Morgan fingerprint density at radius 3 is 2.60 bits per heavy atom. The molecule has 2 aliphatic rings. The first-order valence-electron chi connectivity index (χ1n) is 11.3. The zero-order valence-corrected chi connectivity index (χ0v) is 19.7. The Morgan fingerprint density at radius 2 is 1.89 bits per heavy atom. The van der Waals surface area contributed by atoms with Crippen LogP contribution in [0, 0.1) is 11.6 Å². The molecule has 0 aliphatic carbocycles. The number of benzene rings is 2. The van der Waals surface area contributed by atoms with Gasteiger partial charge in [0.25, 0.3) is 11.8 Å². The summed E-state index contributed by atoms with van der Waals surface area (Å²) >= 11 is 0. The van der Waals surface area contributed by atoms with E-state index in [9.17, 15) is 23.2 Å². The lowest BCUT2D eigenvalue weighted by molar-refractivity contribution is -0.140. The first kappa shape index (κ1) is 24.6. The van der Waals surface area contributed by atoms with E-state index in [0.717, 1.165) is 12.1 Å². The molecule has 0 spiro atoms. The molecule has 186 valence electrons. The number of hydrogen-bond acceptors (Lipinski definition) is 5. The maximum absolute atomic E-state index is 13.5. The lowest BCUT2D eigenvalue weighted by atomic mass is 9.94. The van der Waals surface area contributed by atoms with Crippen molar-refractivity contribution in [2.24, 2.45) is 0 Å². The molecule has 10 heteroatoms. The Hall–Kier alpha value is -3.53. The van der Waals surface area contributed by atoms with E-state index < -0.39 is 23.6 Å². The topological polar surface area (TPSA) is 88.2 Å². The van der Waals surface area contributed by atoms with E-state index in [1.54, 1.807) is 38.2 Å². The van der Waals surface area contributed by atoms with Crippen LogP contribution in [-0.2, 0) is 9.53 Å². The van der Waals surface area contributed by atoms with E-state index >= 15 is 0 Å². The molecule has 1 fully saturated rings. The van der Waals surface area contributed by atoms with E-state index in [-0.39, 0.29) is 48.1 Å². The molecular formula is C25H27F2N3O5. The number of fused-ring (bicyclic) bond motifs is 2. The van der Waals surface area contributed by atoms with Gasteiger partial charge in [0.1, 0.15) is 18.5 Å². The smallest absolute Gasteiger partial charge is 0.257 e. The summed E-state index contributed by atoms with van der Waals surface area (Å²) in [4.78, 5) is 41.0. The van der Waals surface area contributed by atoms with E-state index in [0.29, 0.717) is 24.3 Å². The van der Waals surface area contributed by atoms with Crippen LogP contribution >= 0.6 is 0 Å². The Labute approximate surface area is 201 Å². The van der Waals surface area contributed by atoms with Gasteiger partial charge in [0.05, 0.1) is 24.1 Å². The van der Waals surface area contributed by atoms with Gasteiger partial charge in [-0.1, -0.05) is 0 Å². The largest absolute Gasteiger partial charge is 0.490 e. The van der Waals surface area contributed by atoms with Gasteiger partial charge in [-0.15, -0.1) is 0 Å². The van der Waals surface area contributed by atoms with E-state index in [1.165, 1.54) is 17.0 Å². The van der Waals surface area contributed by atoms with Crippen LogP contribution in [0.2, 0.25) is 0 Å². The van der Waals surface area contributed by atoms with Crippen molar-refractivity contribution in [2.75, 3.05) is 33.1 Å². The molecule has 35 heavy (non-hydrogen) atoms. The number of amides is 3. The Bertz CT molecular complexity index is 1160. The average molecular weight is 488 g/mol. The molecule has 3 atom stereocenters. The number of likely N-dealkylation sites (N-methyl/N-ethyl adjacent to an activating group) is 1. The van der Waals surface area contributed by atoms with Crippen molar-refractivity contribution >= 4 is 23.4 Å². The van der Waals surface area contributed by atoms with Crippen molar-refractivity contribution in [3.63, 3.8) is 0 Å². The molecule has 0 saturated carbocycles. The summed E-state index contributed by atoms with van der Waals surface area (Å²) in [5.41, 5.74) is 0.516. The summed E-state index contributed by atoms with van der Waals surface area (Å²) in [5.74, 6) is -2.80. The van der Waals surface area contributed by atoms with Gasteiger partial charge in [-0.3, -0.25) is 14.4 Å². The molecular weight excluding hydrogens is 460 g/mol. The number of carbonyl (C=O) groups excluding carboxylic acids is 3. The molecule has 0 unspecified atom stereocenters. The third kappa shape index (κ3) is 5.27. The highest BCUT2D eigenvalue weighted by atomic mass is 19.2. The molecule has 3 amide bonds. The van der Waals surface area contributed by atoms with Crippen molar-refractivity contribution in [1.29, 1.82) is 0 Å². The normalized spacial score (nSPS) is 21.7. The van der Waals surface area contributed by atoms with Gasteiger partial charge < -0.3 is 24.6 Å². The molecule has 1 saturated heterocycles. The SMILES string of the molecule is CN(C)C(=O)C[C@H]1CC[C@@H]2[C@H](COc3ccc(NC(=O)c4ccc(F)c(F)c4)cc3C(=O)N2C)O1. The number of nitrogens with one attached hydrogen (secondary N) is 1. The van der Waals surface area contributed by atoms with Gasteiger partial charge >= 0.3 is 0 Å². The molecule has 1 N–H and O–H groups in total. The van der Waals surface area contributed by atoms with Crippen molar-refractivity contribution < 1.29 is 32.6 Å². The highest BCUT2D eigenvalue weighted by molar-refractivity contribution is 6.05. The monoisotopic (exact) mass is 487 g/mol. The van der Waals surface area contributed by atoms with Crippen molar-refractivity contribution in [3.8, 4) is 5.75 Å². The van der Waals surface area contributed by atoms with Crippen LogP contribution in [0.15, 0.2) is 36.4 Å². The van der Waals surface area contributed by atoms with Gasteiger partial charge in [-0.25, -0.2) is 8.78 Å². The molecule has 8 nitrogen and oxygen atoms in total. The van der Waals surface area contributed by atoms with Crippen LogP contribution in [0.4, 0.5) is 14.5 Å². The van der Waals surface area contributed by atoms with Gasteiger partial charge in [-0.05, 0) is 49.2 Å². The number of halogens is 2. The van der Waals surface area contributed by atoms with Gasteiger partial charge in [0.15, 0.2) is 11.6 Å². The van der Waals surface area contributed by atoms with Gasteiger partial charge in [0.2, 0.25) is 5.91 Å². The third-order valence-corrected chi connectivity index (χ3v) is 6.35. The fourth-order valence-corrected chi connectivity index (χ4v) is 4.32. The zero-order valence-electron chi connectivity index (χ0n) is 19.7. The molecule has 2 heterocycles. The standard InChI is InChI=1S/C25H27F2N3O5/c1-29(2)23(31)12-16-6-8-20-22(35-16)13-34-21-9-5-15(11-17(21)25(33)30(20)3)28-24(32)14-4-7-18(26)19(27)10-14/h4-5,7,9-11,16,20,22H,6,8,12-13H2,1-3H3,(H,28,32)/t16-,20-,22+/m1/s1. The number of hydrogen-bond donors (Lipinski definition) is 1. The summed E-state index contributed by atoms with van der Waals surface area (Å²) < 4.78 is 38.7. The summed E-state index contributed by atoms with van der Waals surface area (Å²) in [5, 5.41) is 2.60. The second-order valence-corrected chi connectivity index (χ2v) is 8.95. The van der Waals surface area contributed by atoms with E-state index in [2.05, 4.69) is 5.32 Å². The lowest BCUT2D eigenvalue weighted by Crippen LogP contribution is -2.53. The first-order valence-corrected chi connectivity index (χ1v) is 11.3. The maximum Gasteiger partial charge on any atom is 0.257 e. The minimum Gasteiger partial charge on any atom is -0.490 e. The minimum atomic E-state index is -1.13. The molecule has 4 rings (SSSR count). The fourth-order valence-electron chi connectivity index (χ4n) is 4.32. The summed E-state index contributed by atoms with van der Waals surface area (Å²) in [6, 6.07) is 7.24. The number of rotatable bonds is 4. The Balaban J connectivity index is 1.50. The summed E-state index contributed by atoms with van der Waals surface area (Å²) in [6.45, 7) is 0.197. The molecule has 2 aromatic carbocycles. The number of nitrogens with zero attached hydrogens (tertiary/aromatic N) is 2. The molecule has 0 aromatic heterocycles. The average Bonchev–Trinajstić information content (AvgIpc) is 2.83. The first-order chi connectivity index (χ1) is 16.6. The van der Waals surface area contributed by atoms with Crippen LogP contribution in [0.1, 0.15) is 40.0 Å². The third-order valence-electron chi connectivity index (χ3n) is 6.35. The molecule has 0 bridgehead atoms. The predicted molar refractivity (Wildman–Crippen MR) is 123 cm³/mol. The van der Waals surface area contributed by atoms with Crippen molar-refractivity contribution in [2.45, 2.75) is 37.5 Å². The number of anilines is 1. The minimum absolute atomic E-state index is 0.0204. The number of carbonyl (C=O) groups is 3. The van der Waals surface area contributed by atoms with E-state index in [4.69, 9.17) is 9.47 Å². The highest BCUT2D eigenvalue weighted by Gasteiger charge is 2.39. The van der Waals surface area contributed by atoms with Gasteiger partial charge in [-0.2, -0.15) is 0 Å². The quantitative estimate of drug-likeness (QED) is 0.716. The lowest BCUT2D eigenvalue weighted by Gasteiger charge is -2.42. The van der Waals surface area contributed by atoms with Crippen molar-refractivity contribution in [1.82, 2.24) is 9.80 Å². The zero-order chi connectivity index (χ0) is 25.3. The molecule has 2 aliphatic heterocycles. The number of ether oxygens (including phenoxy) is 2. The summed E-state index contributed by atoms with van der Waals surface area (Å²) in [7, 11) is 5.09. The van der Waals surface area contributed by atoms with E-state index in [1.807, 2.05) is 0 Å². The fraction of sp³-hybridized carbons (Fsp3) is 0.400. The second kappa shape index (κ2) is 9.99. The van der Waals surface area contributed by atoms with Crippen molar-refractivity contribution in [3.05, 3.63) is 59.2 Å². The Morgan fingerprint density at radius 1 is 1.11 bits per heavy atom. The van der Waals surface area contributed by atoms with Crippen LogP contribution < -0.4 is 10.1 Å². The van der Waals surface area contributed by atoms with Crippen LogP contribution in [0.3, 0.4) is 0 Å². The molecule has 0 radical (unpaired) electrons. The van der Waals surface area contributed by atoms with Crippen LogP contribution in [-0.4, -0.2) is 73.5 Å². The summed E-state index contributed by atoms with van der Waals surface area (Å²) in [6.07, 6.45) is 0.925. The second-order valence-electron chi connectivity index (χ2n) is 8.95. The Kier molecular flexibility index (Phi) is 7.02. The van der Waals surface area contributed by atoms with Crippen LogP contribution in [0.25, 0.3) is 0 Å². The predicted octanol–water partition coefficient (Wildman–Crippen LogP) is 3.08. The highest BCUT2D eigenvalue weighted by Crippen LogP contribution is 2.32. The van der Waals surface area contributed by atoms with Gasteiger partial charge in [0, 0.05) is 32.4 Å².